The summed E-state index contributed by atoms with van der Waals surface area (Å²) in [7, 11) is 0. The number of anilines is 1. The summed E-state index contributed by atoms with van der Waals surface area (Å²) in [6.07, 6.45) is 0.938. The minimum Gasteiger partial charge on any atom is -0.360 e. The van der Waals surface area contributed by atoms with Crippen LogP contribution in [0.1, 0.15) is 22.7 Å². The predicted molar refractivity (Wildman–Crippen MR) is 92.2 cm³/mol. The summed E-state index contributed by atoms with van der Waals surface area (Å²) in [5.74, 6) is -0.167. The average molecular weight is 303 g/mol. The number of hydrogen-bond donors (Lipinski definition) is 0. The Bertz CT molecular complexity index is 799. The van der Waals surface area contributed by atoms with Gasteiger partial charge in [0.15, 0.2) is 0 Å². The minimum absolute atomic E-state index is 0.0537. The van der Waals surface area contributed by atoms with Crippen molar-refractivity contribution in [1.82, 2.24) is 0 Å². The summed E-state index contributed by atoms with van der Waals surface area (Å²) < 4.78 is 13.9. The smallest absolute Gasteiger partial charge is 0.123 e. The summed E-state index contributed by atoms with van der Waals surface area (Å²) in [5.41, 5.74) is 4.69. The minimum atomic E-state index is -0.167. The molecule has 0 spiro atoms. The van der Waals surface area contributed by atoms with E-state index < -0.39 is 0 Å². The summed E-state index contributed by atoms with van der Waals surface area (Å²) >= 11 is 0. The van der Waals surface area contributed by atoms with E-state index in [9.17, 15) is 4.39 Å². The average Bonchev–Trinajstić information content (AvgIpc) is 2.62. The number of fused-ring (bicyclic) bond motifs is 1. The molecule has 114 valence electrons. The molecule has 0 saturated carbocycles. The third kappa shape index (κ3) is 2.61. The van der Waals surface area contributed by atoms with Crippen molar-refractivity contribution in [3.05, 3.63) is 101 Å². The first kappa shape index (κ1) is 14.0. The molecule has 0 amide bonds. The van der Waals surface area contributed by atoms with Crippen molar-refractivity contribution in [2.75, 3.05) is 11.4 Å². The lowest BCUT2D eigenvalue weighted by Gasteiger charge is -2.39. The molecule has 1 nitrogen and oxygen atoms in total. The molecule has 4 rings (SSSR count). The van der Waals surface area contributed by atoms with Gasteiger partial charge in [0.2, 0.25) is 0 Å². The van der Waals surface area contributed by atoms with Gasteiger partial charge in [-0.3, -0.25) is 0 Å². The van der Waals surface area contributed by atoms with Crippen LogP contribution < -0.4 is 4.90 Å². The van der Waals surface area contributed by atoms with Crippen LogP contribution in [0.4, 0.5) is 10.1 Å². The van der Waals surface area contributed by atoms with Crippen molar-refractivity contribution in [2.45, 2.75) is 12.5 Å². The van der Waals surface area contributed by atoms with Gasteiger partial charge in [0.1, 0.15) is 5.82 Å². The van der Waals surface area contributed by atoms with E-state index in [1.165, 1.54) is 16.8 Å². The van der Waals surface area contributed by atoms with Crippen LogP contribution in [0.5, 0.6) is 0 Å². The van der Waals surface area contributed by atoms with E-state index in [0.717, 1.165) is 18.5 Å². The van der Waals surface area contributed by atoms with E-state index in [4.69, 9.17) is 0 Å². The standard InChI is InChI=1S/C21H18FN/c22-18-12-11-16-13-14-23(19-9-5-2-6-10-19)21(20(16)15-18)17-7-3-1-4-8-17/h1-12,15,21H,13-14H2. The van der Waals surface area contributed by atoms with Crippen LogP contribution in [-0.2, 0) is 6.42 Å². The fraction of sp³-hybridized carbons (Fsp3) is 0.143. The second-order valence-corrected chi connectivity index (χ2v) is 5.94. The first-order valence-electron chi connectivity index (χ1n) is 7.98. The fourth-order valence-electron chi connectivity index (χ4n) is 3.48. The molecule has 0 fully saturated rings. The highest BCUT2D eigenvalue weighted by molar-refractivity contribution is 5.55. The zero-order valence-electron chi connectivity index (χ0n) is 12.8. The van der Waals surface area contributed by atoms with Gasteiger partial charge in [0, 0.05) is 12.2 Å². The Balaban J connectivity index is 1.88. The highest BCUT2D eigenvalue weighted by Gasteiger charge is 2.29. The molecule has 0 aliphatic carbocycles. The van der Waals surface area contributed by atoms with E-state index in [1.807, 2.05) is 30.3 Å². The Morgan fingerprint density at radius 3 is 2.26 bits per heavy atom. The van der Waals surface area contributed by atoms with Crippen LogP contribution in [-0.4, -0.2) is 6.54 Å². The van der Waals surface area contributed by atoms with Crippen LogP contribution >= 0.6 is 0 Å². The first-order valence-corrected chi connectivity index (χ1v) is 7.98. The van der Waals surface area contributed by atoms with E-state index in [0.29, 0.717) is 0 Å². The van der Waals surface area contributed by atoms with Crippen LogP contribution in [0.3, 0.4) is 0 Å². The largest absolute Gasteiger partial charge is 0.360 e. The maximum Gasteiger partial charge on any atom is 0.123 e. The molecule has 0 aromatic heterocycles. The molecular formula is C21H18FN. The van der Waals surface area contributed by atoms with Crippen molar-refractivity contribution >= 4 is 5.69 Å². The topological polar surface area (TPSA) is 3.24 Å². The van der Waals surface area contributed by atoms with Gasteiger partial charge in [-0.25, -0.2) is 4.39 Å². The Morgan fingerprint density at radius 1 is 0.826 bits per heavy atom. The van der Waals surface area contributed by atoms with Gasteiger partial charge in [-0.1, -0.05) is 54.6 Å². The monoisotopic (exact) mass is 303 g/mol. The van der Waals surface area contributed by atoms with Crippen LogP contribution in [0, 0.1) is 5.82 Å². The lowest BCUT2D eigenvalue weighted by atomic mass is 9.87. The normalized spacial score (nSPS) is 16.9. The molecule has 0 bridgehead atoms. The molecule has 1 unspecified atom stereocenters. The second-order valence-electron chi connectivity index (χ2n) is 5.94. The maximum absolute atomic E-state index is 13.9. The van der Waals surface area contributed by atoms with Gasteiger partial charge < -0.3 is 4.90 Å². The summed E-state index contributed by atoms with van der Waals surface area (Å²) in [4.78, 5) is 2.37. The number of para-hydroxylation sites is 1. The highest BCUT2D eigenvalue weighted by atomic mass is 19.1. The molecule has 1 heterocycles. The van der Waals surface area contributed by atoms with Crippen molar-refractivity contribution in [1.29, 1.82) is 0 Å². The SMILES string of the molecule is Fc1ccc2c(c1)C(c1ccccc1)N(c1ccccc1)CC2. The third-order valence-electron chi connectivity index (χ3n) is 4.54. The van der Waals surface area contributed by atoms with Crippen molar-refractivity contribution < 1.29 is 4.39 Å². The molecule has 1 aliphatic rings. The number of halogens is 1. The molecule has 0 radical (unpaired) electrons. The molecule has 23 heavy (non-hydrogen) atoms. The fourth-order valence-corrected chi connectivity index (χ4v) is 3.48. The highest BCUT2D eigenvalue weighted by Crippen LogP contribution is 2.38. The van der Waals surface area contributed by atoms with E-state index in [2.05, 4.69) is 41.3 Å². The molecule has 3 aromatic carbocycles. The Hall–Kier alpha value is -2.61. The van der Waals surface area contributed by atoms with Gasteiger partial charge in [-0.2, -0.15) is 0 Å². The zero-order valence-corrected chi connectivity index (χ0v) is 12.8. The third-order valence-corrected chi connectivity index (χ3v) is 4.54. The number of nitrogens with zero attached hydrogens (tertiary/aromatic N) is 1. The van der Waals surface area contributed by atoms with Crippen molar-refractivity contribution in [3.63, 3.8) is 0 Å². The van der Waals surface area contributed by atoms with Crippen LogP contribution in [0.2, 0.25) is 0 Å². The van der Waals surface area contributed by atoms with Gasteiger partial charge in [0.05, 0.1) is 6.04 Å². The maximum atomic E-state index is 13.9. The van der Waals surface area contributed by atoms with E-state index in [1.54, 1.807) is 12.1 Å². The summed E-state index contributed by atoms with van der Waals surface area (Å²) in [6.45, 7) is 0.933. The Morgan fingerprint density at radius 2 is 1.52 bits per heavy atom. The zero-order chi connectivity index (χ0) is 15.6. The van der Waals surface area contributed by atoms with Gasteiger partial charge in [-0.15, -0.1) is 0 Å². The van der Waals surface area contributed by atoms with Gasteiger partial charge in [-0.05, 0) is 47.4 Å². The van der Waals surface area contributed by atoms with Crippen LogP contribution in [0.25, 0.3) is 0 Å². The number of benzene rings is 3. The Kier molecular flexibility index (Phi) is 3.58. The van der Waals surface area contributed by atoms with E-state index >= 15 is 0 Å². The number of hydrogen-bond acceptors (Lipinski definition) is 1. The van der Waals surface area contributed by atoms with Gasteiger partial charge >= 0.3 is 0 Å². The lowest BCUT2D eigenvalue weighted by molar-refractivity contribution is 0.605. The summed E-state index contributed by atoms with van der Waals surface area (Å²) in [6, 6.07) is 26.0. The molecule has 3 aromatic rings. The van der Waals surface area contributed by atoms with E-state index in [-0.39, 0.29) is 11.9 Å². The molecule has 2 heteroatoms. The second kappa shape index (κ2) is 5.88. The summed E-state index contributed by atoms with van der Waals surface area (Å²) in [5, 5.41) is 0. The Labute approximate surface area is 136 Å². The van der Waals surface area contributed by atoms with Crippen molar-refractivity contribution in [2.24, 2.45) is 0 Å². The van der Waals surface area contributed by atoms with Crippen molar-refractivity contribution in [3.8, 4) is 0 Å². The predicted octanol–water partition coefficient (Wildman–Crippen LogP) is 4.98. The van der Waals surface area contributed by atoms with Gasteiger partial charge in [0.25, 0.3) is 0 Å². The quantitative estimate of drug-likeness (QED) is 0.645. The molecule has 1 atom stereocenters. The number of rotatable bonds is 2. The molecular weight excluding hydrogens is 285 g/mol. The molecule has 0 N–H and O–H groups in total. The first-order chi connectivity index (χ1) is 11.3. The molecule has 0 saturated heterocycles. The lowest BCUT2D eigenvalue weighted by Crippen LogP contribution is -2.36. The molecule has 1 aliphatic heterocycles. The van der Waals surface area contributed by atoms with Crippen LogP contribution in [0.15, 0.2) is 78.9 Å².